The van der Waals surface area contributed by atoms with Crippen LogP contribution in [0.15, 0.2) is 36.4 Å². The number of hydrogen-bond donors (Lipinski definition) is 1. The van der Waals surface area contributed by atoms with E-state index in [1.807, 2.05) is 0 Å². The minimum Gasteiger partial charge on any atom is -0.355 e. The lowest BCUT2D eigenvalue weighted by Crippen LogP contribution is -2.44. The number of benzene rings is 2. The monoisotopic (exact) mass is 460 g/mol. The summed E-state index contributed by atoms with van der Waals surface area (Å²) >= 11 is 5.51. The molecule has 0 atom stereocenters. The Labute approximate surface area is 188 Å². The topological polar surface area (TPSA) is 76.4 Å². The zero-order valence-corrected chi connectivity index (χ0v) is 18.5. The van der Waals surface area contributed by atoms with Gasteiger partial charge in [0.25, 0.3) is 11.8 Å². The van der Waals surface area contributed by atoms with E-state index >= 15 is 0 Å². The van der Waals surface area contributed by atoms with Gasteiger partial charge in [0.2, 0.25) is 0 Å². The first kappa shape index (κ1) is 23.2. The van der Waals surface area contributed by atoms with Crippen LogP contribution in [-0.4, -0.2) is 29.5 Å². The van der Waals surface area contributed by atoms with Crippen molar-refractivity contribution in [2.45, 2.75) is 32.5 Å². The summed E-state index contributed by atoms with van der Waals surface area (Å²) in [7, 11) is 1.51. The molecule has 0 saturated carbocycles. The third kappa shape index (κ3) is 3.69. The summed E-state index contributed by atoms with van der Waals surface area (Å²) in [4.78, 5) is 27.8. The molecule has 2 aromatic carbocycles. The van der Waals surface area contributed by atoms with E-state index in [0.29, 0.717) is 16.8 Å². The minimum absolute atomic E-state index is 0.00933. The molecule has 1 saturated heterocycles. The minimum atomic E-state index is -4.77. The predicted octanol–water partition coefficient (Wildman–Crippen LogP) is 4.16. The number of anilines is 2. The Kier molecular flexibility index (Phi) is 5.74. The molecule has 2 aromatic rings. The van der Waals surface area contributed by atoms with Crippen LogP contribution in [-0.2, 0) is 11.0 Å². The average Bonchev–Trinajstić information content (AvgIpc) is 2.90. The van der Waals surface area contributed by atoms with Gasteiger partial charge in [-0.25, -0.2) is 0 Å². The van der Waals surface area contributed by atoms with Gasteiger partial charge in [-0.1, -0.05) is 0 Å². The SMILES string of the molecule is CNC(=O)c1ccc(N2C(=S)N(c3ccc(C#N)c(C(F)(F)F)c3)C(=O)C2(C)C)cc1C. The first-order valence-electron chi connectivity index (χ1n) is 9.47. The molecule has 166 valence electrons. The van der Waals surface area contributed by atoms with E-state index in [4.69, 9.17) is 17.5 Å². The summed E-state index contributed by atoms with van der Waals surface area (Å²) in [5.41, 5.74) is -1.37. The van der Waals surface area contributed by atoms with E-state index < -0.39 is 28.7 Å². The molecule has 1 fully saturated rings. The molecular formula is C22H19F3N4O2S. The fourth-order valence-electron chi connectivity index (χ4n) is 3.64. The van der Waals surface area contributed by atoms with Crippen molar-refractivity contribution in [1.29, 1.82) is 5.26 Å². The number of alkyl halides is 3. The Balaban J connectivity index is 2.10. The number of carbonyl (C=O) groups is 2. The molecule has 1 N–H and O–H groups in total. The van der Waals surface area contributed by atoms with Crippen molar-refractivity contribution in [2.24, 2.45) is 0 Å². The normalized spacial score (nSPS) is 15.7. The Morgan fingerprint density at radius 1 is 1.16 bits per heavy atom. The molecular weight excluding hydrogens is 441 g/mol. The molecule has 1 heterocycles. The summed E-state index contributed by atoms with van der Waals surface area (Å²) in [6.07, 6.45) is -4.77. The standard InChI is InChI=1S/C22H19F3N4O2S/c1-12-9-15(7-8-16(12)18(30)27-4)29-20(32)28(19(31)21(29,2)3)14-6-5-13(11-26)17(10-14)22(23,24)25/h5-10H,1-4H3,(H,27,30). The van der Waals surface area contributed by atoms with Crippen molar-refractivity contribution >= 4 is 40.5 Å². The van der Waals surface area contributed by atoms with Gasteiger partial charge in [0.05, 0.1) is 22.9 Å². The van der Waals surface area contributed by atoms with E-state index in [-0.39, 0.29) is 16.7 Å². The van der Waals surface area contributed by atoms with Gasteiger partial charge in [-0.15, -0.1) is 0 Å². The number of halogens is 3. The second-order valence-electron chi connectivity index (χ2n) is 7.74. The van der Waals surface area contributed by atoms with Crippen molar-refractivity contribution < 1.29 is 22.8 Å². The molecule has 0 aliphatic carbocycles. The summed E-state index contributed by atoms with van der Waals surface area (Å²) < 4.78 is 40.3. The number of rotatable bonds is 3. The molecule has 0 aromatic heterocycles. The Morgan fingerprint density at radius 3 is 2.31 bits per heavy atom. The molecule has 32 heavy (non-hydrogen) atoms. The highest BCUT2D eigenvalue weighted by atomic mass is 32.1. The highest BCUT2D eigenvalue weighted by Gasteiger charge is 2.50. The number of aryl methyl sites for hydroxylation is 1. The zero-order valence-electron chi connectivity index (χ0n) is 17.7. The summed E-state index contributed by atoms with van der Waals surface area (Å²) in [6.45, 7) is 4.95. The molecule has 1 aliphatic rings. The van der Waals surface area contributed by atoms with Gasteiger partial charge in [-0.3, -0.25) is 14.5 Å². The van der Waals surface area contributed by atoms with Crippen molar-refractivity contribution in [1.82, 2.24) is 5.32 Å². The van der Waals surface area contributed by atoms with Crippen molar-refractivity contribution in [3.8, 4) is 6.07 Å². The van der Waals surface area contributed by atoms with Crippen LogP contribution in [0.25, 0.3) is 0 Å². The van der Waals surface area contributed by atoms with Gasteiger partial charge >= 0.3 is 6.18 Å². The third-order valence-corrected chi connectivity index (χ3v) is 5.66. The van der Waals surface area contributed by atoms with E-state index in [9.17, 15) is 22.8 Å². The second-order valence-corrected chi connectivity index (χ2v) is 8.10. The number of amides is 2. The quantitative estimate of drug-likeness (QED) is 0.696. The van der Waals surface area contributed by atoms with E-state index in [0.717, 1.165) is 17.0 Å². The zero-order chi connectivity index (χ0) is 24.0. The van der Waals surface area contributed by atoms with Crippen LogP contribution in [0.2, 0.25) is 0 Å². The lowest BCUT2D eigenvalue weighted by molar-refractivity contribution is -0.137. The van der Waals surface area contributed by atoms with Crippen LogP contribution in [0, 0.1) is 18.3 Å². The number of nitrogens with one attached hydrogen (secondary N) is 1. The largest absolute Gasteiger partial charge is 0.417 e. The van der Waals surface area contributed by atoms with Gasteiger partial charge in [-0.05, 0) is 75.0 Å². The first-order valence-corrected chi connectivity index (χ1v) is 9.88. The van der Waals surface area contributed by atoms with Gasteiger partial charge in [0.15, 0.2) is 5.11 Å². The van der Waals surface area contributed by atoms with Crippen molar-refractivity contribution in [3.63, 3.8) is 0 Å². The molecule has 0 unspecified atom stereocenters. The van der Waals surface area contributed by atoms with Gasteiger partial charge in [0, 0.05) is 18.3 Å². The Bertz CT molecular complexity index is 1180. The Morgan fingerprint density at radius 2 is 1.78 bits per heavy atom. The van der Waals surface area contributed by atoms with Crippen LogP contribution in [0.5, 0.6) is 0 Å². The maximum absolute atomic E-state index is 13.4. The maximum Gasteiger partial charge on any atom is 0.417 e. The molecule has 1 aliphatic heterocycles. The van der Waals surface area contributed by atoms with Crippen LogP contribution >= 0.6 is 12.2 Å². The smallest absolute Gasteiger partial charge is 0.355 e. The molecule has 3 rings (SSSR count). The fraction of sp³-hybridized carbons (Fsp3) is 0.273. The first-order chi connectivity index (χ1) is 14.8. The lowest BCUT2D eigenvalue weighted by atomic mass is 10.0. The third-order valence-electron chi connectivity index (χ3n) is 5.30. The van der Waals surface area contributed by atoms with E-state index in [1.165, 1.54) is 24.1 Å². The number of nitrogens with zero attached hydrogens (tertiary/aromatic N) is 3. The van der Waals surface area contributed by atoms with E-state index in [2.05, 4.69) is 5.32 Å². The van der Waals surface area contributed by atoms with Crippen LogP contribution in [0.3, 0.4) is 0 Å². The second kappa shape index (κ2) is 7.91. The number of thiocarbonyl (C=S) groups is 1. The number of hydrogen-bond acceptors (Lipinski definition) is 4. The van der Waals surface area contributed by atoms with Crippen molar-refractivity contribution in [3.05, 3.63) is 58.7 Å². The van der Waals surface area contributed by atoms with Gasteiger partial charge in [-0.2, -0.15) is 18.4 Å². The molecule has 10 heteroatoms. The average molecular weight is 460 g/mol. The summed E-state index contributed by atoms with van der Waals surface area (Å²) in [5, 5.41) is 11.6. The predicted molar refractivity (Wildman–Crippen MR) is 117 cm³/mol. The molecule has 0 radical (unpaired) electrons. The molecule has 0 spiro atoms. The fourth-order valence-corrected chi connectivity index (χ4v) is 4.16. The number of nitriles is 1. The highest BCUT2D eigenvalue weighted by Crippen LogP contribution is 2.39. The maximum atomic E-state index is 13.4. The molecule has 2 amide bonds. The van der Waals surface area contributed by atoms with Crippen LogP contribution in [0.4, 0.5) is 24.5 Å². The summed E-state index contributed by atoms with van der Waals surface area (Å²) in [6, 6.07) is 9.47. The van der Waals surface area contributed by atoms with Gasteiger partial charge < -0.3 is 10.2 Å². The summed E-state index contributed by atoms with van der Waals surface area (Å²) in [5.74, 6) is -0.791. The van der Waals surface area contributed by atoms with Gasteiger partial charge in [0.1, 0.15) is 5.54 Å². The lowest BCUT2D eigenvalue weighted by Gasteiger charge is -2.30. The molecule has 6 nitrogen and oxygen atoms in total. The molecule has 0 bridgehead atoms. The Hall–Kier alpha value is -3.45. The van der Waals surface area contributed by atoms with Crippen molar-refractivity contribution in [2.75, 3.05) is 16.8 Å². The van der Waals surface area contributed by atoms with E-state index in [1.54, 1.807) is 39.0 Å². The number of carbonyl (C=O) groups excluding carboxylic acids is 2. The van der Waals surface area contributed by atoms with Crippen LogP contribution in [0.1, 0.15) is 40.9 Å². The van der Waals surface area contributed by atoms with Crippen LogP contribution < -0.4 is 15.1 Å². The highest BCUT2D eigenvalue weighted by molar-refractivity contribution is 7.81.